The molecule has 0 radical (unpaired) electrons. The predicted molar refractivity (Wildman–Crippen MR) is 101 cm³/mol. The number of anilines is 1. The van der Waals surface area contributed by atoms with Crippen LogP contribution in [0, 0.1) is 11.6 Å². The molecular weight excluding hydrogens is 380 g/mol. The van der Waals surface area contributed by atoms with E-state index in [1.165, 1.54) is 24.2 Å². The zero-order valence-electron chi connectivity index (χ0n) is 14.1. The van der Waals surface area contributed by atoms with E-state index < -0.39 is 11.6 Å². The number of halogens is 2. The van der Waals surface area contributed by atoms with Crippen molar-refractivity contribution in [3.63, 3.8) is 0 Å². The molecule has 2 heterocycles. The van der Waals surface area contributed by atoms with Crippen molar-refractivity contribution in [2.24, 2.45) is 0 Å². The third kappa shape index (κ3) is 4.19. The molecule has 1 atom stereocenters. The van der Waals surface area contributed by atoms with Crippen LogP contribution in [0.2, 0.25) is 0 Å². The number of thiazole rings is 1. The van der Waals surface area contributed by atoms with Crippen molar-refractivity contribution in [1.82, 2.24) is 19.9 Å². The number of H-pyrrole nitrogens is 1. The summed E-state index contributed by atoms with van der Waals surface area (Å²) < 4.78 is 27.6. The zero-order valence-corrected chi connectivity index (χ0v) is 15.8. The summed E-state index contributed by atoms with van der Waals surface area (Å²) in [5.41, 5.74) is 0.849. The second kappa shape index (κ2) is 8.11. The summed E-state index contributed by atoms with van der Waals surface area (Å²) in [4.78, 5) is 24.2. The molecule has 0 saturated carbocycles. The van der Waals surface area contributed by atoms with E-state index in [1.54, 1.807) is 6.07 Å². The van der Waals surface area contributed by atoms with Crippen LogP contribution in [0.5, 0.6) is 0 Å². The third-order valence-corrected chi connectivity index (χ3v) is 5.79. The molecule has 2 aromatic heterocycles. The number of fused-ring (bicyclic) bond motifs is 1. The number of nitrogens with zero attached hydrogens (tertiary/aromatic N) is 3. The van der Waals surface area contributed by atoms with E-state index in [0.29, 0.717) is 33.4 Å². The molecule has 0 bridgehead atoms. The highest BCUT2D eigenvalue weighted by molar-refractivity contribution is 7.98. The number of thioether (sulfide) groups is 1. The van der Waals surface area contributed by atoms with Gasteiger partial charge in [0.2, 0.25) is 0 Å². The maximum Gasteiger partial charge on any atom is 0.306 e. The van der Waals surface area contributed by atoms with Crippen LogP contribution in [-0.2, 0) is 5.75 Å². The lowest BCUT2D eigenvalue weighted by molar-refractivity contribution is 0.329. The minimum absolute atomic E-state index is 0.0878. The molecule has 0 aliphatic rings. The quantitative estimate of drug-likeness (QED) is 0.597. The number of benzene rings is 1. The normalized spacial score (nSPS) is 12.7. The maximum atomic E-state index is 13.7. The van der Waals surface area contributed by atoms with Gasteiger partial charge in [-0.1, -0.05) is 23.5 Å². The highest BCUT2D eigenvalue weighted by atomic mass is 32.2. The number of hydrogen-bond acceptors (Lipinski definition) is 7. The second-order valence-corrected chi connectivity index (χ2v) is 7.62. The Kier molecular flexibility index (Phi) is 5.84. The Hall–Kier alpha value is -2.04. The van der Waals surface area contributed by atoms with Gasteiger partial charge >= 0.3 is 4.87 Å². The summed E-state index contributed by atoms with van der Waals surface area (Å²) in [6, 6.07) is 4.20. The van der Waals surface area contributed by atoms with Crippen LogP contribution in [0.15, 0.2) is 29.3 Å². The maximum absolute atomic E-state index is 13.7. The molecular formula is C16H17F2N5OS2. The minimum Gasteiger partial charge on any atom is -0.353 e. The summed E-state index contributed by atoms with van der Waals surface area (Å²) in [5, 5.41) is 3.25. The Balaban J connectivity index is 1.58. The molecule has 0 aliphatic heterocycles. The highest BCUT2D eigenvalue weighted by Crippen LogP contribution is 2.22. The van der Waals surface area contributed by atoms with Gasteiger partial charge in [-0.15, -0.1) is 11.8 Å². The summed E-state index contributed by atoms with van der Waals surface area (Å²) in [6.07, 6.45) is 1.30. The number of aromatic amines is 1. The van der Waals surface area contributed by atoms with E-state index in [9.17, 15) is 13.6 Å². The van der Waals surface area contributed by atoms with Crippen LogP contribution in [0.4, 0.5) is 14.6 Å². The van der Waals surface area contributed by atoms with Crippen molar-refractivity contribution >= 4 is 39.3 Å². The van der Waals surface area contributed by atoms with E-state index in [2.05, 4.69) is 20.3 Å². The lowest BCUT2D eigenvalue weighted by Gasteiger charge is -2.25. The van der Waals surface area contributed by atoms with Crippen LogP contribution in [0.3, 0.4) is 0 Å². The first-order chi connectivity index (χ1) is 12.5. The predicted octanol–water partition coefficient (Wildman–Crippen LogP) is 3.24. The standard InChI is InChI=1S/C16H17F2N5OS2/c1-9(21-14-13-15(20-7-19-14)22-16(24)26-13)23(2)8-25-6-10-4-3-5-11(17)12(10)18/h3-5,7,9H,6,8H2,1-2H3,(H2,19,20,21,22,24). The molecule has 0 saturated heterocycles. The second-order valence-electron chi connectivity index (χ2n) is 5.68. The van der Waals surface area contributed by atoms with Gasteiger partial charge in [-0.2, -0.15) is 0 Å². The Labute approximate surface area is 156 Å². The number of hydrogen-bond donors (Lipinski definition) is 2. The van der Waals surface area contributed by atoms with Gasteiger partial charge in [-0.3, -0.25) is 14.7 Å². The van der Waals surface area contributed by atoms with Crippen LogP contribution < -0.4 is 10.2 Å². The van der Waals surface area contributed by atoms with Gasteiger partial charge in [0.1, 0.15) is 16.8 Å². The van der Waals surface area contributed by atoms with Gasteiger partial charge in [-0.25, -0.2) is 18.7 Å². The first-order valence-electron chi connectivity index (χ1n) is 7.77. The van der Waals surface area contributed by atoms with Gasteiger partial charge in [0.25, 0.3) is 0 Å². The van der Waals surface area contributed by atoms with E-state index in [0.717, 1.165) is 17.4 Å². The Morgan fingerprint density at radius 3 is 3.00 bits per heavy atom. The number of nitrogens with one attached hydrogen (secondary N) is 2. The SMILES string of the molecule is CC(Nc1ncnc2[nH]c(=O)sc12)N(C)CSCc1cccc(F)c1F. The molecule has 6 nitrogen and oxygen atoms in total. The molecule has 26 heavy (non-hydrogen) atoms. The first kappa shape index (κ1) is 18.7. The number of rotatable bonds is 7. The number of aromatic nitrogens is 3. The molecule has 1 aromatic carbocycles. The largest absolute Gasteiger partial charge is 0.353 e. The average molecular weight is 397 g/mol. The third-order valence-electron chi connectivity index (χ3n) is 3.81. The Morgan fingerprint density at radius 1 is 1.38 bits per heavy atom. The minimum atomic E-state index is -0.829. The van der Waals surface area contributed by atoms with Gasteiger partial charge < -0.3 is 5.32 Å². The van der Waals surface area contributed by atoms with Gasteiger partial charge in [0.05, 0.1) is 6.17 Å². The molecule has 0 spiro atoms. The van der Waals surface area contributed by atoms with E-state index in [-0.39, 0.29) is 11.0 Å². The van der Waals surface area contributed by atoms with Crippen LogP contribution in [-0.4, -0.2) is 38.9 Å². The highest BCUT2D eigenvalue weighted by Gasteiger charge is 2.14. The zero-order chi connectivity index (χ0) is 18.7. The molecule has 10 heteroatoms. The van der Waals surface area contributed by atoms with Gasteiger partial charge in [0.15, 0.2) is 17.3 Å². The summed E-state index contributed by atoms with van der Waals surface area (Å²) >= 11 is 2.53. The molecule has 3 rings (SSSR count). The Morgan fingerprint density at radius 2 is 2.19 bits per heavy atom. The molecule has 3 aromatic rings. The monoisotopic (exact) mass is 397 g/mol. The van der Waals surface area contributed by atoms with Crippen LogP contribution in [0.25, 0.3) is 10.3 Å². The molecule has 1 unspecified atom stereocenters. The molecule has 0 amide bonds. The summed E-state index contributed by atoms with van der Waals surface area (Å²) in [5.74, 6) is -0.0669. The smallest absolute Gasteiger partial charge is 0.306 e. The molecule has 138 valence electrons. The van der Waals surface area contributed by atoms with Crippen LogP contribution in [0.1, 0.15) is 12.5 Å². The van der Waals surface area contributed by atoms with E-state index in [1.807, 2.05) is 18.9 Å². The van der Waals surface area contributed by atoms with E-state index >= 15 is 0 Å². The Bertz CT molecular complexity index is 961. The lowest BCUT2D eigenvalue weighted by atomic mass is 10.2. The molecule has 0 aliphatic carbocycles. The van der Waals surface area contributed by atoms with Crippen molar-refractivity contribution in [3.8, 4) is 0 Å². The van der Waals surface area contributed by atoms with Crippen molar-refractivity contribution in [3.05, 3.63) is 51.4 Å². The van der Waals surface area contributed by atoms with E-state index in [4.69, 9.17) is 0 Å². The van der Waals surface area contributed by atoms with Crippen molar-refractivity contribution in [1.29, 1.82) is 0 Å². The van der Waals surface area contributed by atoms with Crippen molar-refractivity contribution in [2.75, 3.05) is 18.2 Å². The first-order valence-corrected chi connectivity index (χ1v) is 9.74. The average Bonchev–Trinajstić information content (AvgIpc) is 2.99. The molecule has 2 N–H and O–H groups in total. The fraction of sp³-hybridized carbons (Fsp3) is 0.312. The summed E-state index contributed by atoms with van der Waals surface area (Å²) in [7, 11) is 1.91. The lowest BCUT2D eigenvalue weighted by Crippen LogP contribution is -2.35. The topological polar surface area (TPSA) is 73.9 Å². The molecule has 0 fully saturated rings. The van der Waals surface area contributed by atoms with Gasteiger partial charge in [-0.05, 0) is 20.0 Å². The fourth-order valence-electron chi connectivity index (χ4n) is 2.26. The fourth-order valence-corrected chi connectivity index (χ4v) is 4.04. The van der Waals surface area contributed by atoms with Crippen LogP contribution >= 0.6 is 23.1 Å². The van der Waals surface area contributed by atoms with Crippen molar-refractivity contribution in [2.45, 2.75) is 18.8 Å². The van der Waals surface area contributed by atoms with Gasteiger partial charge in [0, 0.05) is 17.2 Å². The summed E-state index contributed by atoms with van der Waals surface area (Å²) in [6.45, 7) is 1.95. The van der Waals surface area contributed by atoms with Crippen molar-refractivity contribution < 1.29 is 8.78 Å².